The van der Waals surface area contributed by atoms with Crippen molar-refractivity contribution in [2.75, 3.05) is 13.2 Å². The fourth-order valence-corrected chi connectivity index (χ4v) is 0.991. The molecule has 1 aromatic carbocycles. The summed E-state index contributed by atoms with van der Waals surface area (Å²) in [5, 5.41) is 8.55. The molecule has 0 saturated heterocycles. The lowest BCUT2D eigenvalue weighted by atomic mass is 10.3. The van der Waals surface area contributed by atoms with Crippen LogP contribution in [0.25, 0.3) is 0 Å². The van der Waals surface area contributed by atoms with E-state index >= 15 is 0 Å². The van der Waals surface area contributed by atoms with Gasteiger partial charge in [-0.15, -0.1) is 0 Å². The number of carbonyl (C=O) groups is 1. The van der Waals surface area contributed by atoms with E-state index < -0.39 is 11.8 Å². The van der Waals surface area contributed by atoms with Gasteiger partial charge in [0.1, 0.15) is 12.4 Å². The van der Waals surface area contributed by atoms with Crippen molar-refractivity contribution in [2.45, 2.75) is 6.92 Å². The molecule has 0 fully saturated rings. The van der Waals surface area contributed by atoms with E-state index in [1.54, 1.807) is 0 Å². The minimum atomic E-state index is -0.561. The molecule has 0 amide bonds. The smallest absolute Gasteiger partial charge is 0.308 e. The molecular weight excluding hydrogens is 203 g/mol. The van der Waals surface area contributed by atoms with Gasteiger partial charge in [-0.05, 0) is 12.1 Å². The molecule has 0 unspecified atom stereocenters. The fourth-order valence-electron chi connectivity index (χ4n) is 0.991. The van der Waals surface area contributed by atoms with Crippen LogP contribution >= 0.6 is 0 Å². The Balaban J connectivity index is 2.87. The summed E-state index contributed by atoms with van der Waals surface area (Å²) in [6.07, 6.45) is 0. The lowest BCUT2D eigenvalue weighted by molar-refractivity contribution is -0.132. The zero-order valence-corrected chi connectivity index (χ0v) is 8.20. The van der Waals surface area contributed by atoms with Crippen LogP contribution in [0, 0.1) is 5.82 Å². The van der Waals surface area contributed by atoms with E-state index in [1.807, 2.05) is 0 Å². The van der Waals surface area contributed by atoms with Gasteiger partial charge in [0.2, 0.25) is 0 Å². The highest BCUT2D eigenvalue weighted by molar-refractivity contribution is 5.70. The molecule has 15 heavy (non-hydrogen) atoms. The first-order valence-electron chi connectivity index (χ1n) is 4.35. The molecule has 0 atom stereocenters. The lowest BCUT2D eigenvalue weighted by Gasteiger charge is -2.09. The molecule has 4 nitrogen and oxygen atoms in total. The van der Waals surface area contributed by atoms with Crippen LogP contribution < -0.4 is 9.47 Å². The zero-order chi connectivity index (χ0) is 11.3. The largest absolute Gasteiger partial charge is 0.487 e. The maximum absolute atomic E-state index is 12.8. The highest BCUT2D eigenvalue weighted by atomic mass is 19.1. The van der Waals surface area contributed by atoms with Crippen molar-refractivity contribution >= 4 is 5.97 Å². The summed E-state index contributed by atoms with van der Waals surface area (Å²) in [4.78, 5) is 10.7. The lowest BCUT2D eigenvalue weighted by Crippen LogP contribution is -2.07. The summed E-state index contributed by atoms with van der Waals surface area (Å²) >= 11 is 0. The van der Waals surface area contributed by atoms with E-state index in [9.17, 15) is 9.18 Å². The van der Waals surface area contributed by atoms with E-state index in [0.29, 0.717) is 0 Å². The number of hydrogen-bond donors (Lipinski definition) is 1. The van der Waals surface area contributed by atoms with E-state index in [0.717, 1.165) is 6.07 Å². The van der Waals surface area contributed by atoms with E-state index in [-0.39, 0.29) is 24.7 Å². The van der Waals surface area contributed by atoms with E-state index in [4.69, 9.17) is 14.6 Å². The highest BCUT2D eigenvalue weighted by Gasteiger charge is 2.08. The van der Waals surface area contributed by atoms with Crippen LogP contribution in [0.15, 0.2) is 18.2 Å². The van der Waals surface area contributed by atoms with Crippen LogP contribution in [0.2, 0.25) is 0 Å². The second-order valence-corrected chi connectivity index (χ2v) is 2.76. The topological polar surface area (TPSA) is 55.8 Å². The van der Waals surface area contributed by atoms with Crippen LogP contribution in [-0.2, 0) is 4.79 Å². The number of benzene rings is 1. The Morgan fingerprint density at radius 1 is 1.47 bits per heavy atom. The van der Waals surface area contributed by atoms with Gasteiger partial charge >= 0.3 is 5.97 Å². The zero-order valence-electron chi connectivity index (χ0n) is 8.20. The Bertz CT molecular complexity index is 351. The van der Waals surface area contributed by atoms with E-state index in [2.05, 4.69) is 0 Å². The van der Waals surface area contributed by atoms with Crippen molar-refractivity contribution < 1.29 is 23.8 Å². The van der Waals surface area contributed by atoms with Crippen LogP contribution in [0.4, 0.5) is 4.39 Å². The number of rotatable bonds is 4. The van der Waals surface area contributed by atoms with Gasteiger partial charge in [0, 0.05) is 13.0 Å². The summed E-state index contributed by atoms with van der Waals surface area (Å²) in [6.45, 7) is 1.09. The molecule has 0 radical (unpaired) electrons. The standard InChI is InChI=1S/C10H11FO4/c1-7(13)15-10-6-8(11)2-3-9(10)14-5-4-12/h2-3,6,12H,4-5H2,1H3. The number of carbonyl (C=O) groups excluding carboxylic acids is 1. The third kappa shape index (κ3) is 3.55. The summed E-state index contributed by atoms with van der Waals surface area (Å²) in [6, 6.07) is 3.57. The number of hydrogen-bond acceptors (Lipinski definition) is 4. The van der Waals surface area contributed by atoms with Gasteiger partial charge in [-0.3, -0.25) is 4.79 Å². The Morgan fingerprint density at radius 2 is 2.20 bits per heavy atom. The first kappa shape index (κ1) is 11.5. The van der Waals surface area contributed by atoms with Crippen molar-refractivity contribution in [1.29, 1.82) is 0 Å². The summed E-state index contributed by atoms with van der Waals surface area (Å²) in [5.74, 6) is -0.853. The Kier molecular flexibility index (Phi) is 4.05. The van der Waals surface area contributed by atoms with Crippen LogP contribution in [0.5, 0.6) is 11.5 Å². The van der Waals surface area contributed by atoms with Crippen LogP contribution in [0.3, 0.4) is 0 Å². The maximum Gasteiger partial charge on any atom is 0.308 e. The predicted molar refractivity (Wildman–Crippen MR) is 50.3 cm³/mol. The summed E-state index contributed by atoms with van der Waals surface area (Å²) in [7, 11) is 0. The van der Waals surface area contributed by atoms with E-state index in [1.165, 1.54) is 19.1 Å². The molecule has 0 aliphatic rings. The molecule has 0 saturated carbocycles. The van der Waals surface area contributed by atoms with Crippen molar-refractivity contribution in [3.05, 3.63) is 24.0 Å². The number of halogens is 1. The van der Waals surface area contributed by atoms with Crippen molar-refractivity contribution in [3.8, 4) is 11.5 Å². The monoisotopic (exact) mass is 214 g/mol. The number of aliphatic hydroxyl groups excluding tert-OH is 1. The second-order valence-electron chi connectivity index (χ2n) is 2.76. The van der Waals surface area contributed by atoms with Gasteiger partial charge in [0.25, 0.3) is 0 Å². The average Bonchev–Trinajstić information content (AvgIpc) is 2.16. The Labute approximate surface area is 86.2 Å². The minimum absolute atomic E-state index is 0.0101. The molecular formula is C10H11FO4. The molecule has 5 heteroatoms. The quantitative estimate of drug-likeness (QED) is 0.602. The highest BCUT2D eigenvalue weighted by Crippen LogP contribution is 2.27. The van der Waals surface area contributed by atoms with Crippen molar-refractivity contribution in [3.63, 3.8) is 0 Å². The molecule has 0 aromatic heterocycles. The van der Waals surface area contributed by atoms with Crippen LogP contribution in [0.1, 0.15) is 6.92 Å². The molecule has 0 spiro atoms. The normalized spacial score (nSPS) is 9.80. The van der Waals surface area contributed by atoms with Gasteiger partial charge < -0.3 is 14.6 Å². The average molecular weight is 214 g/mol. The third-order valence-electron chi connectivity index (χ3n) is 1.51. The summed E-state index contributed by atoms with van der Waals surface area (Å²) < 4.78 is 22.6. The minimum Gasteiger partial charge on any atom is -0.487 e. The first-order chi connectivity index (χ1) is 7.13. The molecule has 1 N–H and O–H groups in total. The molecule has 1 rings (SSSR count). The van der Waals surface area contributed by atoms with Gasteiger partial charge in [0.15, 0.2) is 11.5 Å². The SMILES string of the molecule is CC(=O)Oc1cc(F)ccc1OCCO. The van der Waals surface area contributed by atoms with Gasteiger partial charge in [0.05, 0.1) is 6.61 Å². The number of esters is 1. The van der Waals surface area contributed by atoms with Gasteiger partial charge in [-0.1, -0.05) is 0 Å². The van der Waals surface area contributed by atoms with Crippen molar-refractivity contribution in [2.24, 2.45) is 0 Å². The van der Waals surface area contributed by atoms with Gasteiger partial charge in [-0.2, -0.15) is 0 Å². The van der Waals surface area contributed by atoms with Crippen molar-refractivity contribution in [1.82, 2.24) is 0 Å². The van der Waals surface area contributed by atoms with Crippen LogP contribution in [-0.4, -0.2) is 24.3 Å². The fraction of sp³-hybridized carbons (Fsp3) is 0.300. The first-order valence-corrected chi connectivity index (χ1v) is 4.35. The number of aliphatic hydroxyl groups is 1. The molecule has 1 aromatic rings. The Hall–Kier alpha value is -1.62. The molecule has 0 aliphatic heterocycles. The Morgan fingerprint density at radius 3 is 2.80 bits per heavy atom. The molecule has 0 aliphatic carbocycles. The predicted octanol–water partition coefficient (Wildman–Crippen LogP) is 1.12. The number of ether oxygens (including phenoxy) is 2. The second kappa shape index (κ2) is 5.31. The van der Waals surface area contributed by atoms with Gasteiger partial charge in [-0.25, -0.2) is 4.39 Å². The summed E-state index contributed by atoms with van der Waals surface area (Å²) in [5.41, 5.74) is 0. The maximum atomic E-state index is 12.8. The third-order valence-corrected chi connectivity index (χ3v) is 1.51. The molecule has 0 bridgehead atoms. The molecule has 82 valence electrons. The molecule has 0 heterocycles.